The van der Waals surface area contributed by atoms with E-state index in [1.165, 1.54) is 36.4 Å². The Hall–Kier alpha value is -4.42. The predicted octanol–water partition coefficient (Wildman–Crippen LogP) is 2.57. The first-order valence-corrected chi connectivity index (χ1v) is 12.8. The number of imide groups is 2. The van der Waals surface area contributed by atoms with Crippen molar-refractivity contribution >= 4 is 35.6 Å². The van der Waals surface area contributed by atoms with Crippen molar-refractivity contribution in [3.8, 4) is 0 Å². The Balaban J connectivity index is 1.04. The van der Waals surface area contributed by atoms with E-state index in [1.807, 2.05) is 0 Å². The van der Waals surface area contributed by atoms with E-state index in [0.29, 0.717) is 39.3 Å². The molecule has 0 atom stereocenters. The highest BCUT2D eigenvalue weighted by Gasteiger charge is 2.36. The zero-order valence-corrected chi connectivity index (χ0v) is 21.6. The van der Waals surface area contributed by atoms with Gasteiger partial charge in [0, 0.05) is 39.5 Å². The Morgan fingerprint density at radius 3 is 1.27 bits per heavy atom. The van der Waals surface area contributed by atoms with Crippen molar-refractivity contribution in [3.05, 3.63) is 69.8 Å². The molecule has 0 bridgehead atoms. The zero-order chi connectivity index (χ0) is 28.8. The average Bonchev–Trinajstić information content (AvgIpc) is 3.32. The number of carboxylic acid groups (broad SMARTS) is 2. The van der Waals surface area contributed by atoms with Crippen molar-refractivity contribution in [2.75, 3.05) is 39.5 Å². The van der Waals surface area contributed by atoms with E-state index >= 15 is 0 Å². The molecule has 2 aromatic carbocycles. The highest BCUT2D eigenvalue weighted by molar-refractivity contribution is 6.22. The van der Waals surface area contributed by atoms with Crippen LogP contribution in [0.25, 0.3) is 0 Å². The summed E-state index contributed by atoms with van der Waals surface area (Å²) in [6.45, 7) is 1.99. The summed E-state index contributed by atoms with van der Waals surface area (Å²) in [4.78, 5) is 74.3. The summed E-state index contributed by atoms with van der Waals surface area (Å²) < 4.78 is 11.1. The number of amides is 4. The molecule has 12 nitrogen and oxygen atoms in total. The zero-order valence-electron chi connectivity index (χ0n) is 21.6. The lowest BCUT2D eigenvalue weighted by molar-refractivity contribution is 0.0592. The maximum absolute atomic E-state index is 12.5. The molecule has 210 valence electrons. The highest BCUT2D eigenvalue weighted by Crippen LogP contribution is 2.25. The van der Waals surface area contributed by atoms with Gasteiger partial charge in [-0.15, -0.1) is 0 Å². The largest absolute Gasteiger partial charge is 0.478 e. The van der Waals surface area contributed by atoms with Crippen LogP contribution in [-0.4, -0.2) is 95.1 Å². The molecule has 0 aliphatic carbocycles. The van der Waals surface area contributed by atoms with E-state index in [1.54, 1.807) is 0 Å². The van der Waals surface area contributed by atoms with Crippen molar-refractivity contribution in [2.24, 2.45) is 0 Å². The summed E-state index contributed by atoms with van der Waals surface area (Å²) in [5, 5.41) is 18.2. The van der Waals surface area contributed by atoms with Crippen LogP contribution in [0.15, 0.2) is 36.4 Å². The molecule has 40 heavy (non-hydrogen) atoms. The molecule has 0 aromatic heterocycles. The third-order valence-corrected chi connectivity index (χ3v) is 6.60. The van der Waals surface area contributed by atoms with Gasteiger partial charge < -0.3 is 19.7 Å². The van der Waals surface area contributed by atoms with Crippen molar-refractivity contribution < 1.29 is 48.5 Å². The molecule has 0 fully saturated rings. The summed E-state index contributed by atoms with van der Waals surface area (Å²) in [6.07, 6.45) is 2.36. The van der Waals surface area contributed by atoms with Crippen LogP contribution >= 0.6 is 0 Å². The summed E-state index contributed by atoms with van der Waals surface area (Å²) in [5.41, 5.74) is 0.514. The number of carbonyl (C=O) groups is 6. The van der Waals surface area contributed by atoms with E-state index in [0.717, 1.165) is 22.6 Å². The molecular formula is C28H28N2O10. The Bertz CT molecular complexity index is 1270. The van der Waals surface area contributed by atoms with Crippen LogP contribution in [0.1, 0.15) is 87.8 Å². The number of carboxylic acids is 2. The van der Waals surface area contributed by atoms with Gasteiger partial charge in [-0.3, -0.25) is 29.0 Å². The van der Waals surface area contributed by atoms with E-state index in [-0.39, 0.29) is 46.5 Å². The molecule has 0 saturated carbocycles. The van der Waals surface area contributed by atoms with Crippen LogP contribution in [0, 0.1) is 0 Å². The quantitative estimate of drug-likeness (QED) is 0.247. The van der Waals surface area contributed by atoms with Crippen LogP contribution < -0.4 is 0 Å². The normalized spacial score (nSPS) is 14.2. The van der Waals surface area contributed by atoms with Crippen molar-refractivity contribution in [1.29, 1.82) is 0 Å². The minimum Gasteiger partial charge on any atom is -0.478 e. The fourth-order valence-corrected chi connectivity index (χ4v) is 4.52. The number of hydrogen-bond acceptors (Lipinski definition) is 8. The third-order valence-electron chi connectivity index (χ3n) is 6.60. The van der Waals surface area contributed by atoms with Crippen molar-refractivity contribution in [3.63, 3.8) is 0 Å². The molecule has 4 amide bonds. The molecule has 0 saturated heterocycles. The van der Waals surface area contributed by atoms with Crippen LogP contribution in [0.5, 0.6) is 0 Å². The smallest absolute Gasteiger partial charge is 0.335 e. The van der Waals surface area contributed by atoms with Crippen LogP contribution in [0.3, 0.4) is 0 Å². The Kier molecular flexibility index (Phi) is 9.02. The van der Waals surface area contributed by atoms with Gasteiger partial charge in [0.1, 0.15) is 0 Å². The van der Waals surface area contributed by atoms with Crippen LogP contribution in [-0.2, 0) is 9.47 Å². The monoisotopic (exact) mass is 552 g/mol. The fraction of sp³-hybridized carbons (Fsp3) is 0.357. The molecular weight excluding hydrogens is 524 g/mol. The second kappa shape index (κ2) is 12.6. The minimum atomic E-state index is -1.17. The first-order chi connectivity index (χ1) is 19.2. The number of nitrogens with zero attached hydrogens (tertiary/aromatic N) is 2. The molecule has 0 unspecified atom stereocenters. The van der Waals surface area contributed by atoms with Gasteiger partial charge in [-0.05, 0) is 62.1 Å². The van der Waals surface area contributed by atoms with Crippen LogP contribution in [0.2, 0.25) is 0 Å². The Morgan fingerprint density at radius 1 is 0.550 bits per heavy atom. The molecule has 2 N–H and O–H groups in total. The van der Waals surface area contributed by atoms with E-state index in [2.05, 4.69) is 0 Å². The van der Waals surface area contributed by atoms with E-state index in [4.69, 9.17) is 19.7 Å². The molecule has 4 rings (SSSR count). The number of hydrogen-bond donors (Lipinski definition) is 2. The SMILES string of the molecule is O=C(O)c1ccc2c(c1)C(=O)N(CCCOCCCCOCCCN1C(=O)c3ccc(C(=O)O)cc3C1=O)C2=O. The van der Waals surface area contributed by atoms with E-state index in [9.17, 15) is 28.8 Å². The maximum Gasteiger partial charge on any atom is 0.335 e. The predicted molar refractivity (Wildman–Crippen MR) is 138 cm³/mol. The van der Waals surface area contributed by atoms with Gasteiger partial charge in [0.25, 0.3) is 23.6 Å². The number of aromatic carboxylic acids is 2. The van der Waals surface area contributed by atoms with Crippen molar-refractivity contribution in [2.45, 2.75) is 25.7 Å². The maximum atomic E-state index is 12.5. The van der Waals surface area contributed by atoms with Crippen LogP contribution in [0.4, 0.5) is 0 Å². The average molecular weight is 553 g/mol. The number of ether oxygens (including phenoxy) is 2. The fourth-order valence-electron chi connectivity index (χ4n) is 4.52. The third kappa shape index (κ3) is 6.08. The summed E-state index contributed by atoms with van der Waals surface area (Å²) in [5.74, 6) is -4.22. The molecule has 0 radical (unpaired) electrons. The molecule has 2 aliphatic rings. The molecule has 0 spiro atoms. The summed E-state index contributed by atoms with van der Waals surface area (Å²) >= 11 is 0. The van der Waals surface area contributed by atoms with Gasteiger partial charge in [-0.2, -0.15) is 0 Å². The van der Waals surface area contributed by atoms with Gasteiger partial charge in [-0.1, -0.05) is 0 Å². The second-order valence-corrected chi connectivity index (χ2v) is 9.29. The van der Waals surface area contributed by atoms with Gasteiger partial charge in [0.05, 0.1) is 33.4 Å². The topological polar surface area (TPSA) is 168 Å². The molecule has 2 aromatic rings. The molecule has 2 aliphatic heterocycles. The Labute approximate surface area is 229 Å². The second-order valence-electron chi connectivity index (χ2n) is 9.29. The number of unbranched alkanes of at least 4 members (excludes halogenated alkanes) is 1. The van der Waals surface area contributed by atoms with Gasteiger partial charge in [0.15, 0.2) is 0 Å². The standard InChI is InChI=1S/C28H28N2O10/c31-23-19-7-5-17(27(35)36)15-21(19)25(33)29(23)9-3-13-39-11-1-2-12-40-14-4-10-30-24(32)20-8-6-18(28(37)38)16-22(20)26(30)34/h5-8,15-16H,1-4,9-14H2,(H,35,36)(H,37,38). The minimum absolute atomic E-state index is 0.0468. The summed E-state index contributed by atoms with van der Waals surface area (Å²) in [7, 11) is 0. The Morgan fingerprint density at radius 2 is 0.900 bits per heavy atom. The number of fused-ring (bicyclic) bond motifs is 2. The van der Waals surface area contributed by atoms with Gasteiger partial charge in [0.2, 0.25) is 0 Å². The van der Waals surface area contributed by atoms with Crippen molar-refractivity contribution in [1.82, 2.24) is 9.80 Å². The molecule has 12 heteroatoms. The lowest BCUT2D eigenvalue weighted by atomic mass is 10.1. The van der Waals surface area contributed by atoms with Gasteiger partial charge in [-0.25, -0.2) is 9.59 Å². The number of rotatable bonds is 15. The lowest BCUT2D eigenvalue weighted by Gasteiger charge is -2.14. The highest BCUT2D eigenvalue weighted by atomic mass is 16.5. The first-order valence-electron chi connectivity index (χ1n) is 12.8. The first kappa shape index (κ1) is 28.6. The molecule has 2 heterocycles. The number of carbonyl (C=O) groups excluding carboxylic acids is 4. The van der Waals surface area contributed by atoms with E-state index < -0.39 is 35.6 Å². The van der Waals surface area contributed by atoms with Gasteiger partial charge >= 0.3 is 11.9 Å². The summed E-state index contributed by atoms with van der Waals surface area (Å²) in [6, 6.07) is 7.77. The number of benzene rings is 2. The lowest BCUT2D eigenvalue weighted by Crippen LogP contribution is -2.31.